The van der Waals surface area contributed by atoms with E-state index in [9.17, 15) is 0 Å². The first kappa shape index (κ1) is 10.6. The van der Waals surface area contributed by atoms with Gasteiger partial charge in [-0.15, -0.1) is 0 Å². The van der Waals surface area contributed by atoms with Crippen molar-refractivity contribution in [2.24, 2.45) is 0 Å². The van der Waals surface area contributed by atoms with E-state index in [1.165, 1.54) is 11.1 Å². The summed E-state index contributed by atoms with van der Waals surface area (Å²) < 4.78 is 0. The zero-order valence-corrected chi connectivity index (χ0v) is 9.35. The van der Waals surface area contributed by atoms with Crippen LogP contribution in [0.4, 0.5) is 5.82 Å². The Hall–Kier alpha value is -1.90. The van der Waals surface area contributed by atoms with Gasteiger partial charge in [-0.3, -0.25) is 4.98 Å². The predicted molar refractivity (Wildman–Crippen MR) is 65.4 cm³/mol. The Morgan fingerprint density at radius 2 is 2.06 bits per heavy atom. The van der Waals surface area contributed by atoms with Crippen molar-refractivity contribution in [3.05, 3.63) is 54.0 Å². The van der Waals surface area contributed by atoms with Crippen LogP contribution in [-0.4, -0.2) is 16.5 Å². The largest absolute Gasteiger partial charge is 0.368 e. The van der Waals surface area contributed by atoms with Crippen LogP contribution in [0.25, 0.3) is 0 Å². The predicted octanol–water partition coefficient (Wildman–Crippen LogP) is 2.44. The minimum absolute atomic E-state index is 0.830. The molecule has 0 radical (unpaired) electrons. The van der Waals surface area contributed by atoms with Crippen molar-refractivity contribution >= 4 is 5.82 Å². The van der Waals surface area contributed by atoms with Crippen molar-refractivity contribution in [2.75, 3.05) is 11.9 Å². The van der Waals surface area contributed by atoms with E-state index in [-0.39, 0.29) is 0 Å². The summed E-state index contributed by atoms with van der Waals surface area (Å²) in [6, 6.07) is 8.44. The van der Waals surface area contributed by atoms with Gasteiger partial charge in [-0.25, -0.2) is 4.98 Å². The van der Waals surface area contributed by atoms with Crippen molar-refractivity contribution in [1.29, 1.82) is 0 Å². The summed E-state index contributed by atoms with van der Waals surface area (Å²) in [6.45, 7) is 3.02. The van der Waals surface area contributed by atoms with Gasteiger partial charge < -0.3 is 5.32 Å². The molecule has 82 valence electrons. The summed E-state index contributed by atoms with van der Waals surface area (Å²) in [5.41, 5.74) is 2.71. The van der Waals surface area contributed by atoms with Gasteiger partial charge in [0.2, 0.25) is 0 Å². The molecule has 0 aliphatic heterocycles. The number of nitrogens with zero attached hydrogens (tertiary/aromatic N) is 2. The highest BCUT2D eigenvalue weighted by molar-refractivity contribution is 5.31. The van der Waals surface area contributed by atoms with Crippen molar-refractivity contribution < 1.29 is 0 Å². The Balaban J connectivity index is 1.87. The zero-order chi connectivity index (χ0) is 11.2. The van der Waals surface area contributed by atoms with E-state index >= 15 is 0 Å². The van der Waals surface area contributed by atoms with Crippen LogP contribution in [0.2, 0.25) is 0 Å². The summed E-state index contributed by atoms with van der Waals surface area (Å²) >= 11 is 0. The number of rotatable bonds is 4. The maximum atomic E-state index is 4.16. The molecular formula is C13H15N3. The van der Waals surface area contributed by atoms with Crippen molar-refractivity contribution in [2.45, 2.75) is 13.3 Å². The van der Waals surface area contributed by atoms with Crippen LogP contribution in [0, 0.1) is 6.92 Å². The van der Waals surface area contributed by atoms with Gasteiger partial charge in [-0.1, -0.05) is 24.3 Å². The lowest BCUT2D eigenvalue weighted by Gasteiger charge is -2.06. The fourth-order valence-corrected chi connectivity index (χ4v) is 1.61. The highest BCUT2D eigenvalue weighted by Crippen LogP contribution is 2.07. The lowest BCUT2D eigenvalue weighted by Crippen LogP contribution is -2.07. The topological polar surface area (TPSA) is 37.8 Å². The molecular weight excluding hydrogens is 198 g/mol. The molecule has 3 nitrogen and oxygen atoms in total. The highest BCUT2D eigenvalue weighted by Gasteiger charge is 1.97. The van der Waals surface area contributed by atoms with Crippen LogP contribution in [0.5, 0.6) is 0 Å². The van der Waals surface area contributed by atoms with E-state index in [1.54, 1.807) is 18.6 Å². The van der Waals surface area contributed by atoms with E-state index in [0.717, 1.165) is 18.8 Å². The summed E-state index contributed by atoms with van der Waals surface area (Å²) in [4.78, 5) is 8.16. The van der Waals surface area contributed by atoms with E-state index < -0.39 is 0 Å². The molecule has 0 saturated carbocycles. The molecule has 1 aromatic carbocycles. The Bertz CT molecular complexity index is 440. The zero-order valence-electron chi connectivity index (χ0n) is 9.35. The molecule has 0 fully saturated rings. The first-order chi connectivity index (χ1) is 7.86. The van der Waals surface area contributed by atoms with Crippen LogP contribution < -0.4 is 5.32 Å². The quantitative estimate of drug-likeness (QED) is 0.847. The molecule has 1 heterocycles. The number of hydrogen-bond donors (Lipinski definition) is 1. The number of nitrogens with one attached hydrogen (secondary N) is 1. The molecule has 0 bridgehead atoms. The number of hydrogen-bond acceptors (Lipinski definition) is 3. The third-order valence-electron chi connectivity index (χ3n) is 2.52. The molecule has 0 spiro atoms. The number of benzene rings is 1. The van der Waals surface area contributed by atoms with Crippen LogP contribution in [-0.2, 0) is 6.42 Å². The maximum absolute atomic E-state index is 4.16. The first-order valence-electron chi connectivity index (χ1n) is 5.40. The summed E-state index contributed by atoms with van der Waals surface area (Å²) in [5.74, 6) is 0.830. The van der Waals surface area contributed by atoms with Crippen LogP contribution >= 0.6 is 0 Å². The molecule has 0 aliphatic rings. The maximum Gasteiger partial charge on any atom is 0.144 e. The average molecular weight is 213 g/mol. The molecule has 16 heavy (non-hydrogen) atoms. The van der Waals surface area contributed by atoms with Gasteiger partial charge in [0.25, 0.3) is 0 Å². The summed E-state index contributed by atoms with van der Waals surface area (Å²) in [7, 11) is 0. The van der Waals surface area contributed by atoms with Gasteiger partial charge in [-0.05, 0) is 24.5 Å². The van der Waals surface area contributed by atoms with E-state index in [1.807, 2.05) is 0 Å². The van der Waals surface area contributed by atoms with Crippen LogP contribution in [0.15, 0.2) is 42.9 Å². The average Bonchev–Trinajstić information content (AvgIpc) is 2.33. The van der Waals surface area contributed by atoms with Gasteiger partial charge >= 0.3 is 0 Å². The molecule has 0 saturated heterocycles. The first-order valence-corrected chi connectivity index (χ1v) is 5.40. The smallest absolute Gasteiger partial charge is 0.144 e. The molecule has 0 atom stereocenters. The van der Waals surface area contributed by atoms with Crippen LogP contribution in [0.1, 0.15) is 11.1 Å². The monoisotopic (exact) mass is 213 g/mol. The fourth-order valence-electron chi connectivity index (χ4n) is 1.61. The molecule has 2 rings (SSSR count). The van der Waals surface area contributed by atoms with Gasteiger partial charge in [0.15, 0.2) is 0 Å². The van der Waals surface area contributed by atoms with Crippen molar-refractivity contribution in [3.63, 3.8) is 0 Å². The van der Waals surface area contributed by atoms with E-state index in [2.05, 4.69) is 46.5 Å². The number of aromatic nitrogens is 2. The van der Waals surface area contributed by atoms with E-state index in [0.29, 0.717) is 0 Å². The van der Waals surface area contributed by atoms with Crippen molar-refractivity contribution in [3.8, 4) is 0 Å². The van der Waals surface area contributed by atoms with Crippen LogP contribution in [0.3, 0.4) is 0 Å². The minimum atomic E-state index is 0.830. The number of aryl methyl sites for hydroxylation is 1. The SMILES string of the molecule is Cc1ccccc1CCNc1cnccn1. The molecule has 2 aromatic rings. The van der Waals surface area contributed by atoms with Gasteiger partial charge in [0.05, 0.1) is 6.20 Å². The molecule has 0 amide bonds. The fraction of sp³-hybridized carbons (Fsp3) is 0.231. The second kappa shape index (κ2) is 5.26. The second-order valence-corrected chi connectivity index (χ2v) is 3.69. The van der Waals surface area contributed by atoms with Gasteiger partial charge in [0.1, 0.15) is 5.82 Å². The third-order valence-corrected chi connectivity index (χ3v) is 2.52. The lowest BCUT2D eigenvalue weighted by atomic mass is 10.1. The summed E-state index contributed by atoms with van der Waals surface area (Å²) in [5, 5.41) is 3.25. The van der Waals surface area contributed by atoms with Gasteiger partial charge in [-0.2, -0.15) is 0 Å². The summed E-state index contributed by atoms with van der Waals surface area (Å²) in [6.07, 6.45) is 6.10. The molecule has 1 aromatic heterocycles. The Morgan fingerprint density at radius 1 is 1.19 bits per heavy atom. The third kappa shape index (κ3) is 2.79. The Morgan fingerprint density at radius 3 is 2.81 bits per heavy atom. The molecule has 1 N–H and O–H groups in total. The van der Waals surface area contributed by atoms with E-state index in [4.69, 9.17) is 0 Å². The standard InChI is InChI=1S/C13H15N3/c1-11-4-2-3-5-12(11)6-7-15-13-10-14-8-9-16-13/h2-5,8-10H,6-7H2,1H3,(H,15,16). The second-order valence-electron chi connectivity index (χ2n) is 3.69. The lowest BCUT2D eigenvalue weighted by molar-refractivity contribution is 0.988. The number of anilines is 1. The molecule has 3 heteroatoms. The molecule has 0 aliphatic carbocycles. The minimum Gasteiger partial charge on any atom is -0.368 e. The van der Waals surface area contributed by atoms with Crippen molar-refractivity contribution in [1.82, 2.24) is 9.97 Å². The Labute approximate surface area is 95.6 Å². The normalized spacial score (nSPS) is 10.1. The molecule has 0 unspecified atom stereocenters. The highest BCUT2D eigenvalue weighted by atomic mass is 15.0. The Kier molecular flexibility index (Phi) is 3.49. The van der Waals surface area contributed by atoms with Gasteiger partial charge in [0, 0.05) is 18.9 Å².